The Labute approximate surface area is 143 Å². The van der Waals surface area contributed by atoms with E-state index in [0.29, 0.717) is 15.8 Å². The summed E-state index contributed by atoms with van der Waals surface area (Å²) in [5.74, 6) is 0.129. The second-order valence-electron chi connectivity index (χ2n) is 4.55. The molecule has 0 aliphatic carbocycles. The summed E-state index contributed by atoms with van der Waals surface area (Å²) < 4.78 is 6.53. The minimum Gasteiger partial charge on any atom is -0.449 e. The molecule has 4 nitrogen and oxygen atoms in total. The SMILES string of the molecule is Cc1ccc(Sc2oc(/C=C3\SC(=O)NC3=O)cc2Br)cc1. The third-order valence-electron chi connectivity index (χ3n) is 2.82. The van der Waals surface area contributed by atoms with E-state index < -0.39 is 5.91 Å². The molecule has 3 rings (SSSR count). The number of amides is 2. The van der Waals surface area contributed by atoms with Crippen molar-refractivity contribution in [2.24, 2.45) is 0 Å². The fraction of sp³-hybridized carbons (Fsp3) is 0.0667. The number of thioether (sulfide) groups is 1. The monoisotopic (exact) mass is 395 g/mol. The fourth-order valence-corrected chi connectivity index (χ4v) is 3.77. The number of hydrogen-bond donors (Lipinski definition) is 1. The van der Waals surface area contributed by atoms with E-state index in [0.717, 1.165) is 21.1 Å². The quantitative estimate of drug-likeness (QED) is 0.754. The summed E-state index contributed by atoms with van der Waals surface area (Å²) in [4.78, 5) is 24.1. The van der Waals surface area contributed by atoms with Crippen LogP contribution in [0.25, 0.3) is 6.08 Å². The highest BCUT2D eigenvalue weighted by Gasteiger charge is 2.25. The lowest BCUT2D eigenvalue weighted by Gasteiger charge is -1.99. The Kier molecular flexibility index (Phi) is 4.46. The maximum atomic E-state index is 11.5. The molecule has 1 saturated heterocycles. The summed E-state index contributed by atoms with van der Waals surface area (Å²) in [6, 6.07) is 9.89. The molecule has 0 unspecified atom stereocenters. The number of nitrogens with one attached hydrogen (secondary N) is 1. The first-order valence-corrected chi connectivity index (χ1v) is 8.72. The van der Waals surface area contributed by atoms with Crippen LogP contribution in [0.15, 0.2) is 54.1 Å². The second-order valence-corrected chi connectivity index (χ2v) is 7.47. The van der Waals surface area contributed by atoms with Crippen molar-refractivity contribution in [3.63, 3.8) is 0 Å². The lowest BCUT2D eigenvalue weighted by molar-refractivity contribution is -0.115. The Bertz CT molecular complexity index is 781. The first-order valence-electron chi connectivity index (χ1n) is 6.30. The van der Waals surface area contributed by atoms with Gasteiger partial charge in [0.25, 0.3) is 11.1 Å². The number of hydrogen-bond acceptors (Lipinski definition) is 5. The summed E-state index contributed by atoms with van der Waals surface area (Å²) in [6.07, 6.45) is 1.56. The average molecular weight is 396 g/mol. The third kappa shape index (κ3) is 3.48. The molecule has 0 saturated carbocycles. The molecule has 1 aromatic carbocycles. The Morgan fingerprint density at radius 3 is 2.64 bits per heavy atom. The molecule has 2 aromatic rings. The van der Waals surface area contributed by atoms with E-state index in [-0.39, 0.29) is 5.24 Å². The number of carbonyl (C=O) groups excluding carboxylic acids is 2. The first-order chi connectivity index (χ1) is 10.5. The number of carbonyl (C=O) groups is 2. The standard InChI is InChI=1S/C15H10BrNO3S2/c1-8-2-4-10(5-3-8)21-14-11(16)6-9(20-14)7-12-13(18)17-15(19)22-12/h2-7H,1H3,(H,17,18,19)/b12-7-. The van der Waals surface area contributed by atoms with Crippen molar-refractivity contribution in [2.75, 3.05) is 0 Å². The van der Waals surface area contributed by atoms with Gasteiger partial charge in [0, 0.05) is 11.0 Å². The summed E-state index contributed by atoms with van der Waals surface area (Å²) in [5.41, 5.74) is 1.20. The molecule has 2 heterocycles. The predicted octanol–water partition coefficient (Wildman–Crippen LogP) is 4.83. The van der Waals surface area contributed by atoms with Crippen molar-refractivity contribution in [3.8, 4) is 0 Å². The number of rotatable bonds is 3. The molecule has 0 bridgehead atoms. The van der Waals surface area contributed by atoms with Gasteiger partial charge in [0.2, 0.25) is 0 Å². The lowest BCUT2D eigenvalue weighted by atomic mass is 10.2. The maximum Gasteiger partial charge on any atom is 0.290 e. The minimum atomic E-state index is -0.393. The van der Waals surface area contributed by atoms with Gasteiger partial charge in [-0.1, -0.05) is 29.5 Å². The van der Waals surface area contributed by atoms with E-state index in [4.69, 9.17) is 4.42 Å². The van der Waals surface area contributed by atoms with Gasteiger partial charge in [-0.3, -0.25) is 14.9 Å². The molecule has 1 aromatic heterocycles. The van der Waals surface area contributed by atoms with E-state index in [1.165, 1.54) is 17.3 Å². The normalized spacial score (nSPS) is 16.4. The van der Waals surface area contributed by atoms with Gasteiger partial charge in [-0.25, -0.2) is 0 Å². The second kappa shape index (κ2) is 6.36. The van der Waals surface area contributed by atoms with E-state index in [1.807, 2.05) is 31.2 Å². The number of halogens is 1. The van der Waals surface area contributed by atoms with Crippen molar-refractivity contribution in [1.82, 2.24) is 5.32 Å². The number of benzene rings is 1. The van der Waals surface area contributed by atoms with Crippen LogP contribution < -0.4 is 5.32 Å². The van der Waals surface area contributed by atoms with E-state index >= 15 is 0 Å². The van der Waals surface area contributed by atoms with Crippen LogP contribution in [0.5, 0.6) is 0 Å². The highest BCUT2D eigenvalue weighted by molar-refractivity contribution is 9.10. The van der Waals surface area contributed by atoms with Gasteiger partial charge in [-0.2, -0.15) is 0 Å². The zero-order chi connectivity index (χ0) is 15.7. The van der Waals surface area contributed by atoms with Crippen molar-refractivity contribution in [1.29, 1.82) is 0 Å². The van der Waals surface area contributed by atoms with Crippen molar-refractivity contribution >= 4 is 56.7 Å². The van der Waals surface area contributed by atoms with Gasteiger partial charge < -0.3 is 4.42 Å². The summed E-state index contributed by atoms with van der Waals surface area (Å²) in [6.45, 7) is 2.03. The molecule has 7 heteroatoms. The molecular weight excluding hydrogens is 386 g/mol. The number of furan rings is 1. The minimum absolute atomic E-state index is 0.332. The molecule has 1 aliphatic heterocycles. The molecule has 1 aliphatic rings. The van der Waals surface area contributed by atoms with Crippen molar-refractivity contribution in [2.45, 2.75) is 16.9 Å². The van der Waals surface area contributed by atoms with E-state index in [2.05, 4.69) is 21.2 Å². The smallest absolute Gasteiger partial charge is 0.290 e. The van der Waals surface area contributed by atoms with Gasteiger partial charge in [0.1, 0.15) is 5.76 Å². The molecule has 0 spiro atoms. The molecular formula is C15H10BrNO3S2. The van der Waals surface area contributed by atoms with E-state index in [9.17, 15) is 9.59 Å². The van der Waals surface area contributed by atoms with Crippen LogP contribution in [0, 0.1) is 6.92 Å². The molecule has 0 atom stereocenters. The van der Waals surface area contributed by atoms with Crippen LogP contribution in [0.3, 0.4) is 0 Å². The van der Waals surface area contributed by atoms with Crippen LogP contribution in [0.1, 0.15) is 11.3 Å². The van der Waals surface area contributed by atoms with Gasteiger partial charge in [0.05, 0.1) is 9.38 Å². The van der Waals surface area contributed by atoms with Crippen LogP contribution in [-0.2, 0) is 4.79 Å². The fourth-order valence-electron chi connectivity index (χ4n) is 1.77. The summed E-state index contributed by atoms with van der Waals surface area (Å²) in [7, 11) is 0. The van der Waals surface area contributed by atoms with Crippen molar-refractivity contribution < 1.29 is 14.0 Å². The Balaban J connectivity index is 1.82. The maximum absolute atomic E-state index is 11.5. The van der Waals surface area contributed by atoms with Gasteiger partial charge in [-0.05, 0) is 52.8 Å². The predicted molar refractivity (Wildman–Crippen MR) is 90.8 cm³/mol. The van der Waals surface area contributed by atoms with Crippen LogP contribution in [0.4, 0.5) is 4.79 Å². The molecule has 1 N–H and O–H groups in total. The highest BCUT2D eigenvalue weighted by atomic mass is 79.9. The van der Waals surface area contributed by atoms with E-state index in [1.54, 1.807) is 12.1 Å². The zero-order valence-corrected chi connectivity index (χ0v) is 14.6. The molecule has 22 heavy (non-hydrogen) atoms. The van der Waals surface area contributed by atoms with Crippen molar-refractivity contribution in [3.05, 3.63) is 51.0 Å². The van der Waals surface area contributed by atoms with Crippen LogP contribution >= 0.6 is 39.5 Å². The molecule has 112 valence electrons. The molecule has 0 radical (unpaired) electrons. The Hall–Kier alpha value is -1.44. The Morgan fingerprint density at radius 2 is 2.00 bits per heavy atom. The Morgan fingerprint density at radius 1 is 1.27 bits per heavy atom. The van der Waals surface area contributed by atoms with Crippen LogP contribution in [-0.4, -0.2) is 11.1 Å². The molecule has 1 fully saturated rings. The number of aryl methyl sites for hydroxylation is 1. The van der Waals surface area contributed by atoms with Crippen LogP contribution in [0.2, 0.25) is 0 Å². The number of imide groups is 1. The average Bonchev–Trinajstić information content (AvgIpc) is 2.96. The third-order valence-corrected chi connectivity index (χ3v) is 5.48. The summed E-state index contributed by atoms with van der Waals surface area (Å²) in [5, 5.41) is 2.55. The van der Waals surface area contributed by atoms with Gasteiger partial charge in [0.15, 0.2) is 5.09 Å². The topological polar surface area (TPSA) is 59.3 Å². The van der Waals surface area contributed by atoms with Gasteiger partial charge in [-0.15, -0.1) is 0 Å². The zero-order valence-electron chi connectivity index (χ0n) is 11.4. The first kappa shape index (κ1) is 15.5. The lowest BCUT2D eigenvalue weighted by Crippen LogP contribution is -2.17. The summed E-state index contributed by atoms with van der Waals surface area (Å²) >= 11 is 5.80. The molecule has 2 amide bonds. The largest absolute Gasteiger partial charge is 0.449 e. The van der Waals surface area contributed by atoms with Gasteiger partial charge >= 0.3 is 0 Å². The highest BCUT2D eigenvalue weighted by Crippen LogP contribution is 2.37.